The van der Waals surface area contributed by atoms with Gasteiger partial charge in [-0.2, -0.15) is 4.31 Å². The zero-order chi connectivity index (χ0) is 13.3. The van der Waals surface area contributed by atoms with E-state index in [4.69, 9.17) is 10.5 Å². The topological polar surface area (TPSA) is 85.5 Å². The number of nitrogens with two attached hydrogens (primary N) is 1. The van der Waals surface area contributed by atoms with Crippen LogP contribution >= 0.6 is 11.3 Å². The Labute approximate surface area is 111 Å². The van der Waals surface area contributed by atoms with Crippen LogP contribution in [-0.4, -0.2) is 44.5 Å². The van der Waals surface area contributed by atoms with Gasteiger partial charge in [0.05, 0.1) is 12.3 Å². The Morgan fingerprint density at radius 2 is 2.33 bits per heavy atom. The van der Waals surface area contributed by atoms with Crippen molar-refractivity contribution < 1.29 is 13.2 Å². The standard InChI is InChI=1S/C10H17N3O3S2/c1-7-9(17-10(11)12-7)18(14,15)13-4-3-8(5-13)6-16-2/h8H,3-6H2,1-2H3,(H2,11,12). The van der Waals surface area contributed by atoms with Gasteiger partial charge in [-0.3, -0.25) is 0 Å². The zero-order valence-corrected chi connectivity index (χ0v) is 12.1. The van der Waals surface area contributed by atoms with Gasteiger partial charge in [0.25, 0.3) is 10.0 Å². The highest BCUT2D eigenvalue weighted by Crippen LogP contribution is 2.31. The van der Waals surface area contributed by atoms with Crippen molar-refractivity contribution >= 4 is 26.5 Å². The lowest BCUT2D eigenvalue weighted by Crippen LogP contribution is -2.29. The summed E-state index contributed by atoms with van der Waals surface area (Å²) in [5, 5.41) is 0.290. The van der Waals surface area contributed by atoms with Crippen LogP contribution in [0.25, 0.3) is 0 Å². The van der Waals surface area contributed by atoms with Gasteiger partial charge in [0.2, 0.25) is 0 Å². The van der Waals surface area contributed by atoms with Crippen LogP contribution in [0.2, 0.25) is 0 Å². The number of hydrogen-bond donors (Lipinski definition) is 1. The smallest absolute Gasteiger partial charge is 0.254 e. The number of aryl methyl sites for hydroxylation is 1. The summed E-state index contributed by atoms with van der Waals surface area (Å²) in [6, 6.07) is 0. The van der Waals surface area contributed by atoms with Gasteiger partial charge in [-0.25, -0.2) is 13.4 Å². The molecule has 8 heteroatoms. The Morgan fingerprint density at radius 1 is 1.61 bits per heavy atom. The molecule has 0 spiro atoms. The van der Waals surface area contributed by atoms with Gasteiger partial charge >= 0.3 is 0 Å². The van der Waals surface area contributed by atoms with Gasteiger partial charge in [0.15, 0.2) is 9.34 Å². The average molecular weight is 291 g/mol. The number of nitrogen functional groups attached to an aromatic ring is 1. The van der Waals surface area contributed by atoms with Crippen molar-refractivity contribution in [2.24, 2.45) is 5.92 Å². The Kier molecular flexibility index (Phi) is 3.90. The molecule has 0 amide bonds. The Balaban J connectivity index is 2.20. The monoisotopic (exact) mass is 291 g/mol. The largest absolute Gasteiger partial charge is 0.384 e. The highest BCUT2D eigenvalue weighted by molar-refractivity contribution is 7.91. The van der Waals surface area contributed by atoms with E-state index in [2.05, 4.69) is 4.98 Å². The molecular weight excluding hydrogens is 274 g/mol. The highest BCUT2D eigenvalue weighted by atomic mass is 32.2. The van der Waals surface area contributed by atoms with E-state index in [1.165, 1.54) is 4.31 Å². The fraction of sp³-hybridized carbons (Fsp3) is 0.700. The van der Waals surface area contributed by atoms with Crippen molar-refractivity contribution in [2.45, 2.75) is 17.6 Å². The molecule has 0 bridgehead atoms. The molecule has 0 saturated carbocycles. The summed E-state index contributed by atoms with van der Waals surface area (Å²) in [7, 11) is -1.82. The Bertz CT molecular complexity index is 526. The lowest BCUT2D eigenvalue weighted by molar-refractivity contribution is 0.157. The van der Waals surface area contributed by atoms with Gasteiger partial charge < -0.3 is 10.5 Å². The van der Waals surface area contributed by atoms with Crippen LogP contribution in [0.1, 0.15) is 12.1 Å². The summed E-state index contributed by atoms with van der Waals surface area (Å²) in [6.07, 6.45) is 0.834. The van der Waals surface area contributed by atoms with E-state index in [0.717, 1.165) is 17.8 Å². The number of anilines is 1. The first-order chi connectivity index (χ1) is 8.45. The molecule has 1 unspecified atom stereocenters. The van der Waals surface area contributed by atoms with Crippen molar-refractivity contribution in [3.05, 3.63) is 5.69 Å². The molecule has 0 aliphatic carbocycles. The molecule has 102 valence electrons. The van der Waals surface area contributed by atoms with Crippen LogP contribution in [0.4, 0.5) is 5.13 Å². The third kappa shape index (κ3) is 2.51. The van der Waals surface area contributed by atoms with E-state index in [-0.39, 0.29) is 10.1 Å². The number of sulfonamides is 1. The quantitative estimate of drug-likeness (QED) is 0.882. The number of hydrogen-bond acceptors (Lipinski definition) is 6. The number of nitrogens with zero attached hydrogens (tertiary/aromatic N) is 2. The summed E-state index contributed by atoms with van der Waals surface area (Å²) >= 11 is 1.03. The van der Waals surface area contributed by atoms with Crippen LogP contribution in [0.5, 0.6) is 0 Å². The summed E-state index contributed by atoms with van der Waals surface area (Å²) in [5.41, 5.74) is 6.03. The lowest BCUT2D eigenvalue weighted by Gasteiger charge is -2.15. The molecule has 6 nitrogen and oxygen atoms in total. The van der Waals surface area contributed by atoms with Crippen LogP contribution in [0.3, 0.4) is 0 Å². The van der Waals surface area contributed by atoms with Crippen LogP contribution in [0, 0.1) is 12.8 Å². The predicted octanol–water partition coefficient (Wildman–Crippen LogP) is 0.691. The van der Waals surface area contributed by atoms with Gasteiger partial charge in [-0.15, -0.1) is 0 Å². The fourth-order valence-electron chi connectivity index (χ4n) is 2.15. The highest BCUT2D eigenvalue weighted by Gasteiger charge is 2.34. The Hall–Kier alpha value is -0.700. The van der Waals surface area contributed by atoms with E-state index >= 15 is 0 Å². The van der Waals surface area contributed by atoms with Crippen LogP contribution in [0.15, 0.2) is 4.21 Å². The summed E-state index contributed by atoms with van der Waals surface area (Å²) < 4.78 is 31.7. The number of rotatable bonds is 4. The zero-order valence-electron chi connectivity index (χ0n) is 10.4. The first kappa shape index (κ1) is 13.7. The normalized spacial score (nSPS) is 21.6. The molecule has 2 rings (SSSR count). The van der Waals surface area contributed by atoms with E-state index in [0.29, 0.717) is 30.5 Å². The minimum atomic E-state index is -3.45. The van der Waals surface area contributed by atoms with Gasteiger partial charge in [-0.05, 0) is 19.3 Å². The summed E-state index contributed by atoms with van der Waals surface area (Å²) in [4.78, 5) is 3.97. The molecule has 1 atom stereocenters. The maximum atomic E-state index is 12.4. The molecule has 2 N–H and O–H groups in total. The molecule has 1 aliphatic rings. The van der Waals surface area contributed by atoms with Crippen molar-refractivity contribution in [3.8, 4) is 0 Å². The lowest BCUT2D eigenvalue weighted by atomic mass is 10.1. The maximum Gasteiger partial charge on any atom is 0.254 e. The molecule has 0 aromatic carbocycles. The number of thiazole rings is 1. The molecule has 0 radical (unpaired) electrons. The van der Waals surface area contributed by atoms with Crippen molar-refractivity contribution in [1.82, 2.24) is 9.29 Å². The SMILES string of the molecule is COCC1CCN(S(=O)(=O)c2sc(N)nc2C)C1. The molecule has 1 saturated heterocycles. The number of ether oxygens (including phenoxy) is 1. The second-order valence-corrected chi connectivity index (χ2v) is 7.56. The van der Waals surface area contributed by atoms with Gasteiger partial charge in [-0.1, -0.05) is 11.3 Å². The maximum absolute atomic E-state index is 12.4. The van der Waals surface area contributed by atoms with E-state index in [9.17, 15) is 8.42 Å². The van der Waals surface area contributed by atoms with E-state index in [1.807, 2.05) is 0 Å². The number of aromatic nitrogens is 1. The average Bonchev–Trinajstić information content (AvgIpc) is 2.86. The van der Waals surface area contributed by atoms with E-state index < -0.39 is 10.0 Å². The molecular formula is C10H17N3O3S2. The second-order valence-electron chi connectivity index (χ2n) is 4.40. The molecule has 1 aliphatic heterocycles. The fourth-order valence-corrected chi connectivity index (χ4v) is 5.11. The third-order valence-electron chi connectivity index (χ3n) is 3.00. The first-order valence-electron chi connectivity index (χ1n) is 5.67. The summed E-state index contributed by atoms with van der Waals surface area (Å²) in [6.45, 7) is 3.30. The minimum absolute atomic E-state index is 0.262. The molecule has 2 heterocycles. The molecule has 1 aromatic heterocycles. The van der Waals surface area contributed by atoms with Crippen molar-refractivity contribution in [3.63, 3.8) is 0 Å². The molecule has 1 aromatic rings. The van der Waals surface area contributed by atoms with Gasteiger partial charge in [0, 0.05) is 20.2 Å². The minimum Gasteiger partial charge on any atom is -0.384 e. The van der Waals surface area contributed by atoms with Crippen LogP contribution in [-0.2, 0) is 14.8 Å². The van der Waals surface area contributed by atoms with Crippen LogP contribution < -0.4 is 5.73 Å². The third-order valence-corrected chi connectivity index (χ3v) is 6.43. The predicted molar refractivity (Wildman–Crippen MR) is 70.0 cm³/mol. The van der Waals surface area contributed by atoms with E-state index in [1.54, 1.807) is 14.0 Å². The van der Waals surface area contributed by atoms with Crippen molar-refractivity contribution in [1.29, 1.82) is 0 Å². The number of methoxy groups -OCH3 is 1. The molecule has 1 fully saturated rings. The summed E-state index contributed by atoms with van der Waals surface area (Å²) in [5.74, 6) is 0.273. The first-order valence-corrected chi connectivity index (χ1v) is 7.92. The molecule has 18 heavy (non-hydrogen) atoms. The van der Waals surface area contributed by atoms with Crippen molar-refractivity contribution in [2.75, 3.05) is 32.5 Å². The van der Waals surface area contributed by atoms with Gasteiger partial charge in [0.1, 0.15) is 0 Å². The Morgan fingerprint density at radius 3 is 2.89 bits per heavy atom. The second kappa shape index (κ2) is 5.12.